The first-order valence-corrected chi connectivity index (χ1v) is 11.5. The van der Waals surface area contributed by atoms with Crippen LogP contribution in [0.2, 0.25) is 0 Å². The maximum atomic E-state index is 11.7. The highest BCUT2D eigenvalue weighted by Gasteiger charge is 2.32. The largest absolute Gasteiger partial charge is 0.620 e. The SMILES string of the molecule is CCOc1cc2c(cc1OCC)[NH+]([O-])C(=O)N[NH+]2[O-].CCOc1cc2nc(N)n[n+]([O-])c2cc1OCC. The number of urea groups is 1. The first-order valence-electron chi connectivity index (χ1n) is 11.5. The van der Waals surface area contributed by atoms with Crippen molar-refractivity contribution in [1.29, 1.82) is 0 Å². The van der Waals surface area contributed by atoms with Crippen LogP contribution in [-0.2, 0) is 0 Å². The molecule has 1 aliphatic rings. The van der Waals surface area contributed by atoms with Gasteiger partial charge in [-0.2, -0.15) is 0 Å². The van der Waals surface area contributed by atoms with Gasteiger partial charge in [0, 0.05) is 6.07 Å². The van der Waals surface area contributed by atoms with Crippen molar-refractivity contribution in [3.8, 4) is 23.0 Å². The number of benzene rings is 2. The normalized spacial score (nSPS) is 16.2. The van der Waals surface area contributed by atoms with Crippen LogP contribution in [0.15, 0.2) is 24.3 Å². The molecule has 0 fully saturated rings. The molecule has 0 saturated heterocycles. The Hall–Kier alpha value is -4.18. The minimum atomic E-state index is -0.927. The third kappa shape index (κ3) is 6.15. The summed E-state index contributed by atoms with van der Waals surface area (Å²) in [6, 6.07) is 5.04. The summed E-state index contributed by atoms with van der Waals surface area (Å²) < 4.78 is 21.6. The summed E-state index contributed by atoms with van der Waals surface area (Å²) in [5.74, 6) is 1.67. The Bertz CT molecular complexity index is 1260. The smallest absolute Gasteiger partial charge is 0.464 e. The molecular formula is C22H29N7O8. The minimum Gasteiger partial charge on any atom is -0.620 e. The van der Waals surface area contributed by atoms with Crippen LogP contribution in [-0.4, -0.2) is 42.5 Å². The summed E-state index contributed by atoms with van der Waals surface area (Å²) in [7, 11) is 0. The molecule has 1 aliphatic heterocycles. The van der Waals surface area contributed by atoms with Gasteiger partial charge in [-0.25, -0.2) is 20.0 Å². The van der Waals surface area contributed by atoms with Crippen LogP contribution in [0.3, 0.4) is 0 Å². The van der Waals surface area contributed by atoms with E-state index < -0.39 is 16.3 Å². The van der Waals surface area contributed by atoms with Gasteiger partial charge in [0.25, 0.3) is 11.5 Å². The predicted molar refractivity (Wildman–Crippen MR) is 131 cm³/mol. The number of aromatic nitrogens is 3. The number of anilines is 1. The van der Waals surface area contributed by atoms with Crippen LogP contribution >= 0.6 is 0 Å². The van der Waals surface area contributed by atoms with Crippen molar-refractivity contribution in [2.75, 3.05) is 32.2 Å². The van der Waals surface area contributed by atoms with Crippen molar-refractivity contribution < 1.29 is 38.8 Å². The molecule has 15 nitrogen and oxygen atoms in total. The maximum Gasteiger partial charge on any atom is 0.464 e. The lowest BCUT2D eigenvalue weighted by atomic mass is 10.2. The first-order chi connectivity index (χ1) is 17.7. The Morgan fingerprint density at radius 2 is 1.35 bits per heavy atom. The zero-order valence-electron chi connectivity index (χ0n) is 20.8. The second-order valence-corrected chi connectivity index (χ2v) is 7.32. The second kappa shape index (κ2) is 12.2. The number of hydrogen-bond donors (Lipinski definition) is 4. The fourth-order valence-corrected chi connectivity index (χ4v) is 3.43. The molecule has 1 aromatic heterocycles. The van der Waals surface area contributed by atoms with Crippen molar-refractivity contribution in [1.82, 2.24) is 15.5 Å². The van der Waals surface area contributed by atoms with E-state index in [2.05, 4.69) is 10.1 Å². The number of carbonyl (C=O) groups excluding carboxylic acids is 1. The monoisotopic (exact) mass is 519 g/mol. The van der Waals surface area contributed by atoms with E-state index in [1.165, 1.54) is 12.1 Å². The molecule has 2 atom stereocenters. The van der Waals surface area contributed by atoms with Gasteiger partial charge in [0.1, 0.15) is 5.52 Å². The summed E-state index contributed by atoms with van der Waals surface area (Å²) in [6.07, 6.45) is 0. The molecule has 0 saturated carbocycles. The standard InChI is InChI=1S/C11H14N4O3.C11H15N3O5/c1-3-17-9-5-7-8(6-10(9)18-4-2)15(16)14-11(12)13-7;1-3-18-9-5-7-8(6-10(9)19-4-2)14(17)12-11(15)13(7)16/h5-6H,3-4H2,1-2H3,(H2,12,13,14);5-6,13-14H,3-4H2,1-2H3,(H,12,15). The molecular weight excluding hydrogens is 490 g/mol. The Morgan fingerprint density at radius 1 is 0.865 bits per heavy atom. The third-order valence-electron chi connectivity index (χ3n) is 4.88. The number of fused-ring (bicyclic) bond motifs is 2. The quantitative estimate of drug-likeness (QED) is 0.227. The average Bonchev–Trinajstić information content (AvgIpc) is 2.85. The van der Waals surface area contributed by atoms with Crippen molar-refractivity contribution in [2.45, 2.75) is 27.7 Å². The molecule has 2 heterocycles. The number of hydrogen-bond acceptors (Lipinski definition) is 11. The lowest BCUT2D eigenvalue weighted by molar-refractivity contribution is -0.854. The molecule has 3 aromatic rings. The molecule has 37 heavy (non-hydrogen) atoms. The van der Waals surface area contributed by atoms with E-state index in [0.717, 1.165) is 0 Å². The number of carbonyl (C=O) groups is 1. The fraction of sp³-hybridized carbons (Fsp3) is 0.364. The average molecular weight is 520 g/mol. The van der Waals surface area contributed by atoms with E-state index in [9.17, 15) is 20.4 Å². The molecule has 0 radical (unpaired) electrons. The molecule has 200 valence electrons. The van der Waals surface area contributed by atoms with Gasteiger partial charge in [0.2, 0.25) is 11.4 Å². The Labute approximate surface area is 212 Å². The van der Waals surface area contributed by atoms with E-state index >= 15 is 0 Å². The molecule has 0 aliphatic carbocycles. The lowest BCUT2D eigenvalue weighted by Crippen LogP contribution is -3.23. The Balaban J connectivity index is 0.000000206. The number of nitrogen functional groups attached to an aromatic ring is 1. The van der Waals surface area contributed by atoms with E-state index in [1.54, 1.807) is 26.0 Å². The highest BCUT2D eigenvalue weighted by molar-refractivity contribution is 5.77. The topological polar surface area (TPSA) is 200 Å². The van der Waals surface area contributed by atoms with Crippen LogP contribution in [0.25, 0.3) is 11.0 Å². The van der Waals surface area contributed by atoms with E-state index in [0.29, 0.717) is 59.8 Å². The lowest BCUT2D eigenvalue weighted by Gasteiger charge is -2.32. The van der Waals surface area contributed by atoms with Gasteiger partial charge in [-0.1, -0.05) is 0 Å². The third-order valence-corrected chi connectivity index (χ3v) is 4.88. The van der Waals surface area contributed by atoms with Gasteiger partial charge in [0.15, 0.2) is 23.0 Å². The van der Waals surface area contributed by atoms with Gasteiger partial charge < -0.3 is 40.3 Å². The summed E-state index contributed by atoms with van der Waals surface area (Å²) in [5, 5.41) is 37.2. The van der Waals surface area contributed by atoms with Crippen molar-refractivity contribution in [3.05, 3.63) is 39.9 Å². The first kappa shape index (κ1) is 27.4. The van der Waals surface area contributed by atoms with E-state index in [4.69, 9.17) is 24.7 Å². The second-order valence-electron chi connectivity index (χ2n) is 7.32. The molecule has 5 N–H and O–H groups in total. The molecule has 0 bridgehead atoms. The predicted octanol–water partition coefficient (Wildman–Crippen LogP) is -0.207. The van der Waals surface area contributed by atoms with E-state index in [1.807, 2.05) is 19.3 Å². The number of nitrogens with two attached hydrogens (primary N) is 1. The summed E-state index contributed by atoms with van der Waals surface area (Å²) >= 11 is 0. The highest BCUT2D eigenvalue weighted by atomic mass is 16.6. The van der Waals surface area contributed by atoms with Gasteiger partial charge in [-0.15, -0.1) is 5.43 Å². The minimum absolute atomic E-state index is 0.0423. The molecule has 2 amide bonds. The van der Waals surface area contributed by atoms with Crippen molar-refractivity contribution >= 4 is 34.4 Å². The Morgan fingerprint density at radius 3 is 1.89 bits per heavy atom. The Kier molecular flexibility index (Phi) is 9.02. The van der Waals surface area contributed by atoms with Crippen LogP contribution in [0, 0.1) is 15.6 Å². The zero-order valence-corrected chi connectivity index (χ0v) is 20.8. The van der Waals surface area contributed by atoms with Gasteiger partial charge in [-0.3, -0.25) is 0 Å². The number of nitrogens with zero attached hydrogens (tertiary/aromatic N) is 3. The van der Waals surface area contributed by atoms with Crippen molar-refractivity contribution in [3.63, 3.8) is 0 Å². The number of quaternary nitrogens is 2. The zero-order chi connectivity index (χ0) is 27.1. The molecule has 0 spiro atoms. The number of nitrogens with one attached hydrogen (secondary N) is 3. The summed E-state index contributed by atoms with van der Waals surface area (Å²) in [4.78, 5) is 15.7. The van der Waals surface area contributed by atoms with Crippen LogP contribution in [0.5, 0.6) is 23.0 Å². The molecule has 2 unspecified atom stereocenters. The van der Waals surface area contributed by atoms with Crippen LogP contribution < -0.4 is 45.2 Å². The van der Waals surface area contributed by atoms with Gasteiger partial charge >= 0.3 is 6.03 Å². The highest BCUT2D eigenvalue weighted by Crippen LogP contribution is 2.34. The maximum absolute atomic E-state index is 11.7. The number of ether oxygens (including phenoxy) is 4. The van der Waals surface area contributed by atoms with Crippen molar-refractivity contribution in [2.24, 2.45) is 0 Å². The number of hydroxylamine groups is 1. The summed E-state index contributed by atoms with van der Waals surface area (Å²) in [6.45, 7) is 9.04. The molecule has 4 rings (SSSR count). The number of rotatable bonds is 8. The summed E-state index contributed by atoms with van der Waals surface area (Å²) in [5.41, 5.74) is 8.29. The van der Waals surface area contributed by atoms with Crippen LogP contribution in [0.1, 0.15) is 27.7 Å². The molecule has 15 heteroatoms. The van der Waals surface area contributed by atoms with E-state index in [-0.39, 0.29) is 22.8 Å². The van der Waals surface area contributed by atoms with Gasteiger partial charge in [0.05, 0.1) is 49.7 Å². The molecule has 2 aromatic carbocycles. The number of amides is 2. The van der Waals surface area contributed by atoms with Gasteiger partial charge in [-0.05, 0) is 32.5 Å². The van der Waals surface area contributed by atoms with Crippen LogP contribution in [0.4, 0.5) is 22.1 Å². The fourth-order valence-electron chi connectivity index (χ4n) is 3.43.